The number of nitrogens with two attached hydrogens (primary N) is 1. The highest BCUT2D eigenvalue weighted by atomic mass is 35.5. The zero-order valence-electron chi connectivity index (χ0n) is 14.1. The van der Waals surface area contributed by atoms with Gasteiger partial charge in [0, 0.05) is 18.7 Å². The van der Waals surface area contributed by atoms with Gasteiger partial charge in [0.05, 0.1) is 18.6 Å². The first kappa shape index (κ1) is 22.0. The molecule has 2 rings (SSSR count). The number of sulfonamides is 2. The summed E-state index contributed by atoms with van der Waals surface area (Å²) in [5, 5.41) is 0. The van der Waals surface area contributed by atoms with Gasteiger partial charge in [0.15, 0.2) is 0 Å². The lowest BCUT2D eigenvalue weighted by atomic mass is 10.2. The molecule has 0 aliphatic heterocycles. The van der Waals surface area contributed by atoms with Crippen LogP contribution in [-0.4, -0.2) is 42.3 Å². The fraction of sp³-hybridized carbons (Fsp3) is 0.571. The van der Waals surface area contributed by atoms with Crippen molar-refractivity contribution >= 4 is 38.1 Å². The van der Waals surface area contributed by atoms with Crippen LogP contribution in [0.4, 0.5) is 5.69 Å². The van der Waals surface area contributed by atoms with Crippen LogP contribution in [0.1, 0.15) is 19.8 Å². The van der Waals surface area contributed by atoms with E-state index in [0.29, 0.717) is 5.75 Å². The van der Waals surface area contributed by atoms with E-state index in [1.54, 1.807) is 0 Å². The summed E-state index contributed by atoms with van der Waals surface area (Å²) in [7, 11) is -6.15. The average Bonchev–Trinajstić information content (AvgIpc) is 3.36. The van der Waals surface area contributed by atoms with Crippen LogP contribution in [0.15, 0.2) is 23.1 Å². The summed E-state index contributed by atoms with van der Waals surface area (Å²) in [6.45, 7) is 1.66. The lowest BCUT2D eigenvalue weighted by Gasteiger charge is -2.19. The van der Waals surface area contributed by atoms with E-state index in [1.807, 2.05) is 0 Å². The minimum atomic E-state index is -3.93. The zero-order chi connectivity index (χ0) is 18.0. The van der Waals surface area contributed by atoms with Gasteiger partial charge in [-0.25, -0.2) is 21.6 Å². The first-order chi connectivity index (χ1) is 11.2. The summed E-state index contributed by atoms with van der Waals surface area (Å²) in [6, 6.07) is 3.77. The summed E-state index contributed by atoms with van der Waals surface area (Å²) in [5.41, 5.74) is 5.60. The highest BCUT2D eigenvalue weighted by molar-refractivity contribution is 7.93. The first-order valence-corrected chi connectivity index (χ1v) is 10.8. The second kappa shape index (κ2) is 8.54. The molecule has 4 N–H and O–H groups in total. The van der Waals surface area contributed by atoms with E-state index in [9.17, 15) is 16.8 Å². The molecule has 0 spiro atoms. The van der Waals surface area contributed by atoms with Crippen LogP contribution in [0.25, 0.3) is 0 Å². The van der Waals surface area contributed by atoms with Gasteiger partial charge in [-0.3, -0.25) is 4.72 Å². The van der Waals surface area contributed by atoms with Gasteiger partial charge in [-0.2, -0.15) is 0 Å². The number of halogens is 1. The molecule has 1 saturated carbocycles. The van der Waals surface area contributed by atoms with Crippen molar-refractivity contribution in [3.8, 4) is 5.75 Å². The molecule has 144 valence electrons. The Labute approximate surface area is 155 Å². The second-order valence-electron chi connectivity index (χ2n) is 5.67. The molecule has 8 nitrogen and oxygen atoms in total. The molecule has 0 saturated heterocycles. The smallest absolute Gasteiger partial charge is 0.242 e. The van der Waals surface area contributed by atoms with Crippen molar-refractivity contribution < 1.29 is 21.6 Å². The largest absolute Gasteiger partial charge is 0.497 e. The SMILES string of the molecule is CCS(=O)(=O)Nc1cc(OC)ccc1S(=O)(=O)NC(CN)C1CC1.Cl. The van der Waals surface area contributed by atoms with Gasteiger partial charge in [-0.05, 0) is 37.8 Å². The third-order valence-corrected chi connectivity index (χ3v) is 6.71. The minimum Gasteiger partial charge on any atom is -0.497 e. The van der Waals surface area contributed by atoms with Gasteiger partial charge >= 0.3 is 0 Å². The van der Waals surface area contributed by atoms with Crippen LogP contribution in [0, 0.1) is 5.92 Å². The fourth-order valence-corrected chi connectivity index (χ4v) is 4.46. The van der Waals surface area contributed by atoms with Gasteiger partial charge < -0.3 is 10.5 Å². The minimum absolute atomic E-state index is 0. The molecule has 1 unspecified atom stereocenters. The number of nitrogens with one attached hydrogen (secondary N) is 2. The summed E-state index contributed by atoms with van der Waals surface area (Å²) in [6.07, 6.45) is 1.87. The molecule has 11 heteroatoms. The topological polar surface area (TPSA) is 128 Å². The van der Waals surface area contributed by atoms with Crippen LogP contribution in [-0.2, 0) is 20.0 Å². The van der Waals surface area contributed by atoms with Crippen molar-refractivity contribution in [1.82, 2.24) is 4.72 Å². The highest BCUT2D eigenvalue weighted by Crippen LogP contribution is 2.34. The molecule has 1 atom stereocenters. The Hall–Kier alpha value is -1.07. The summed E-state index contributed by atoms with van der Waals surface area (Å²) in [5.74, 6) is 0.407. The highest BCUT2D eigenvalue weighted by Gasteiger charge is 2.34. The maximum atomic E-state index is 12.7. The lowest BCUT2D eigenvalue weighted by Crippen LogP contribution is -2.41. The Kier molecular flexibility index (Phi) is 7.51. The predicted molar refractivity (Wildman–Crippen MR) is 99.2 cm³/mol. The second-order valence-corrected chi connectivity index (χ2v) is 9.36. The number of rotatable bonds is 9. The maximum absolute atomic E-state index is 12.7. The molecule has 0 radical (unpaired) electrons. The molecule has 1 aliphatic rings. The Bertz CT molecular complexity index is 795. The molecule has 0 amide bonds. The number of methoxy groups -OCH3 is 1. The van der Waals surface area contributed by atoms with Crippen LogP contribution in [0.3, 0.4) is 0 Å². The van der Waals surface area contributed by atoms with E-state index >= 15 is 0 Å². The van der Waals surface area contributed by atoms with Gasteiger partial charge in [-0.15, -0.1) is 12.4 Å². The molecule has 1 aromatic rings. The maximum Gasteiger partial charge on any atom is 0.242 e. The van der Waals surface area contributed by atoms with Crippen LogP contribution < -0.4 is 19.9 Å². The van der Waals surface area contributed by atoms with E-state index in [-0.39, 0.29) is 47.2 Å². The summed E-state index contributed by atoms with van der Waals surface area (Å²) >= 11 is 0. The van der Waals surface area contributed by atoms with E-state index in [0.717, 1.165) is 12.8 Å². The molecule has 0 bridgehead atoms. The predicted octanol–water partition coefficient (Wildman–Crippen LogP) is 0.894. The number of ether oxygens (including phenoxy) is 1. The molecule has 1 aliphatic carbocycles. The molecule has 0 aromatic heterocycles. The Morgan fingerprint density at radius 1 is 1.28 bits per heavy atom. The average molecular weight is 414 g/mol. The van der Waals surface area contributed by atoms with E-state index < -0.39 is 20.0 Å². The number of hydrogen-bond acceptors (Lipinski definition) is 6. The van der Waals surface area contributed by atoms with Gasteiger partial charge in [0.1, 0.15) is 10.6 Å². The van der Waals surface area contributed by atoms with Crippen LogP contribution in [0.5, 0.6) is 5.75 Å². The summed E-state index contributed by atoms with van der Waals surface area (Å²) in [4.78, 5) is -0.153. The number of benzene rings is 1. The van der Waals surface area contributed by atoms with Crippen molar-refractivity contribution in [3.05, 3.63) is 18.2 Å². The van der Waals surface area contributed by atoms with Gasteiger partial charge in [-0.1, -0.05) is 0 Å². The fourth-order valence-electron chi connectivity index (χ4n) is 2.29. The Balaban J connectivity index is 0.00000312. The van der Waals surface area contributed by atoms with Gasteiger partial charge in [0.2, 0.25) is 20.0 Å². The molecular formula is C14H24ClN3O5S2. The molecule has 0 heterocycles. The molecule has 1 fully saturated rings. The van der Waals surface area contributed by atoms with Crippen molar-refractivity contribution in [1.29, 1.82) is 0 Å². The van der Waals surface area contributed by atoms with Crippen molar-refractivity contribution in [2.45, 2.75) is 30.7 Å². The quantitative estimate of drug-likeness (QED) is 0.551. The Morgan fingerprint density at radius 2 is 1.92 bits per heavy atom. The lowest BCUT2D eigenvalue weighted by molar-refractivity contribution is 0.414. The van der Waals surface area contributed by atoms with Crippen molar-refractivity contribution in [2.75, 3.05) is 24.1 Å². The van der Waals surface area contributed by atoms with Gasteiger partial charge in [0.25, 0.3) is 0 Å². The van der Waals surface area contributed by atoms with E-state index in [1.165, 1.54) is 32.2 Å². The Morgan fingerprint density at radius 3 is 2.40 bits per heavy atom. The van der Waals surface area contributed by atoms with Crippen molar-refractivity contribution in [3.63, 3.8) is 0 Å². The zero-order valence-corrected chi connectivity index (χ0v) is 16.5. The third kappa shape index (κ3) is 5.71. The van der Waals surface area contributed by atoms with Crippen LogP contribution in [0.2, 0.25) is 0 Å². The van der Waals surface area contributed by atoms with Crippen molar-refractivity contribution in [2.24, 2.45) is 11.7 Å². The first-order valence-electron chi connectivity index (χ1n) is 7.63. The summed E-state index contributed by atoms with van der Waals surface area (Å²) < 4.78 is 59.0. The third-order valence-electron chi connectivity index (χ3n) is 3.87. The molecule has 1 aromatic carbocycles. The molecular weight excluding hydrogens is 390 g/mol. The standard InChI is InChI=1S/C14H23N3O5S2.ClH/c1-3-23(18,19)16-12-8-11(22-2)6-7-14(12)24(20,21)17-13(9-15)10-4-5-10;/h6-8,10,13,16-17H,3-5,9,15H2,1-2H3;1H. The number of hydrogen-bond donors (Lipinski definition) is 3. The van der Waals surface area contributed by atoms with E-state index in [2.05, 4.69) is 9.44 Å². The van der Waals surface area contributed by atoms with E-state index in [4.69, 9.17) is 10.5 Å². The normalized spacial score (nSPS) is 16.0. The monoisotopic (exact) mass is 413 g/mol. The number of anilines is 1. The molecule has 25 heavy (non-hydrogen) atoms. The van der Waals surface area contributed by atoms with Crippen LogP contribution >= 0.6 is 12.4 Å².